The fourth-order valence-corrected chi connectivity index (χ4v) is 2.93. The molecule has 4 heteroatoms. The van der Waals surface area contributed by atoms with Gasteiger partial charge in [-0.25, -0.2) is 4.79 Å². The quantitative estimate of drug-likeness (QED) is 0.862. The summed E-state index contributed by atoms with van der Waals surface area (Å²) in [5, 5.41) is 11.5. The van der Waals surface area contributed by atoms with Gasteiger partial charge in [-0.1, -0.05) is 36.6 Å². The van der Waals surface area contributed by atoms with Crippen LogP contribution in [-0.2, 0) is 15.1 Å². The largest absolute Gasteiger partial charge is 0.464 e. The maximum atomic E-state index is 12.2. The first-order chi connectivity index (χ1) is 9.09. The van der Waals surface area contributed by atoms with Gasteiger partial charge in [0.25, 0.3) is 0 Å². The van der Waals surface area contributed by atoms with Crippen LogP contribution in [0.3, 0.4) is 0 Å². The number of carbonyl (C=O) groups excluding carboxylic acids is 1. The topological polar surface area (TPSA) is 46.5 Å². The van der Waals surface area contributed by atoms with Crippen LogP contribution in [0, 0.1) is 5.92 Å². The van der Waals surface area contributed by atoms with Gasteiger partial charge in [0.1, 0.15) is 0 Å². The molecule has 1 aliphatic carbocycles. The molecule has 1 unspecified atom stereocenters. The summed E-state index contributed by atoms with van der Waals surface area (Å²) in [5.74, 6) is -0.628. The van der Waals surface area contributed by atoms with Crippen LogP contribution in [-0.4, -0.2) is 17.7 Å². The van der Waals surface area contributed by atoms with Crippen LogP contribution in [0.25, 0.3) is 0 Å². The van der Waals surface area contributed by atoms with Crippen LogP contribution < -0.4 is 0 Å². The Bertz CT molecular complexity index is 437. The van der Waals surface area contributed by atoms with E-state index < -0.39 is 11.6 Å². The third-order valence-electron chi connectivity index (χ3n) is 3.82. The van der Waals surface area contributed by atoms with E-state index >= 15 is 0 Å². The molecule has 104 valence electrons. The molecule has 0 bridgehead atoms. The van der Waals surface area contributed by atoms with Crippen molar-refractivity contribution in [1.82, 2.24) is 0 Å². The van der Waals surface area contributed by atoms with Crippen molar-refractivity contribution in [3.8, 4) is 0 Å². The number of carbonyl (C=O) groups is 1. The van der Waals surface area contributed by atoms with Crippen molar-refractivity contribution in [3.05, 3.63) is 34.9 Å². The Morgan fingerprint density at radius 1 is 1.37 bits per heavy atom. The molecule has 1 fully saturated rings. The van der Waals surface area contributed by atoms with Crippen molar-refractivity contribution in [1.29, 1.82) is 0 Å². The molecule has 0 amide bonds. The molecular weight excluding hydrogens is 264 g/mol. The van der Waals surface area contributed by atoms with E-state index in [9.17, 15) is 9.90 Å². The average Bonchev–Trinajstić information content (AvgIpc) is 2.93. The number of rotatable bonds is 4. The zero-order chi connectivity index (χ0) is 13.9. The molecule has 1 atom stereocenters. The fourth-order valence-electron chi connectivity index (χ4n) is 2.81. The van der Waals surface area contributed by atoms with E-state index in [0.29, 0.717) is 10.6 Å². The van der Waals surface area contributed by atoms with E-state index in [-0.39, 0.29) is 12.5 Å². The molecule has 3 nitrogen and oxygen atoms in total. The Hall–Kier alpha value is -1.06. The van der Waals surface area contributed by atoms with Gasteiger partial charge in [0, 0.05) is 10.9 Å². The van der Waals surface area contributed by atoms with Crippen molar-refractivity contribution in [2.75, 3.05) is 6.61 Å². The summed E-state index contributed by atoms with van der Waals surface area (Å²) in [6.07, 6.45) is 3.77. The predicted octanol–water partition coefficient (Wildman–Crippen LogP) is 3.28. The third-order valence-corrected chi connectivity index (χ3v) is 4.07. The summed E-state index contributed by atoms with van der Waals surface area (Å²) < 4.78 is 5.08. The standard InChI is InChI=1S/C15H19ClO3/c1-2-19-14(17)15(18,11-5-3-4-6-11)12-7-9-13(16)10-8-12/h7-11,18H,2-6H2,1H3. The maximum Gasteiger partial charge on any atom is 0.343 e. The number of hydrogen-bond acceptors (Lipinski definition) is 3. The fraction of sp³-hybridized carbons (Fsp3) is 0.533. The lowest BCUT2D eigenvalue weighted by molar-refractivity contribution is -0.173. The van der Waals surface area contributed by atoms with Crippen LogP contribution in [0.5, 0.6) is 0 Å². The number of benzene rings is 1. The summed E-state index contributed by atoms with van der Waals surface area (Å²) in [6.45, 7) is 2.01. The molecule has 19 heavy (non-hydrogen) atoms. The molecule has 0 radical (unpaired) electrons. The number of esters is 1. The van der Waals surface area contributed by atoms with E-state index in [0.717, 1.165) is 25.7 Å². The minimum atomic E-state index is -1.54. The molecule has 0 spiro atoms. The van der Waals surface area contributed by atoms with Crippen molar-refractivity contribution in [2.45, 2.75) is 38.2 Å². The summed E-state index contributed by atoms with van der Waals surface area (Å²) in [4.78, 5) is 12.2. The minimum absolute atomic E-state index is 0.0762. The Morgan fingerprint density at radius 2 is 1.95 bits per heavy atom. The second kappa shape index (κ2) is 5.93. The summed E-state index contributed by atoms with van der Waals surface area (Å²) in [5.41, 5.74) is -0.973. The molecule has 0 aliphatic heterocycles. The van der Waals surface area contributed by atoms with Crippen molar-refractivity contribution in [3.63, 3.8) is 0 Å². The molecule has 1 N–H and O–H groups in total. The Labute approximate surface area is 118 Å². The first-order valence-corrected chi connectivity index (χ1v) is 7.12. The van der Waals surface area contributed by atoms with Gasteiger partial charge < -0.3 is 9.84 Å². The minimum Gasteiger partial charge on any atom is -0.464 e. The highest BCUT2D eigenvalue weighted by Gasteiger charge is 2.47. The molecule has 1 aromatic carbocycles. The average molecular weight is 283 g/mol. The van der Waals surface area contributed by atoms with E-state index in [2.05, 4.69) is 0 Å². The lowest BCUT2D eigenvalue weighted by Gasteiger charge is -2.32. The molecule has 0 aromatic heterocycles. The Morgan fingerprint density at radius 3 is 2.47 bits per heavy atom. The first kappa shape index (κ1) is 14.4. The smallest absolute Gasteiger partial charge is 0.343 e. The Kier molecular flexibility index (Phi) is 4.48. The van der Waals surface area contributed by atoms with Gasteiger partial charge in [-0.15, -0.1) is 0 Å². The second-order valence-corrected chi connectivity index (χ2v) is 5.41. The van der Waals surface area contributed by atoms with Crippen LogP contribution in [0.2, 0.25) is 5.02 Å². The van der Waals surface area contributed by atoms with Crippen LogP contribution >= 0.6 is 11.6 Å². The van der Waals surface area contributed by atoms with Crippen molar-refractivity contribution >= 4 is 17.6 Å². The SMILES string of the molecule is CCOC(=O)C(O)(c1ccc(Cl)cc1)C1CCCC1. The van der Waals surface area contributed by atoms with Gasteiger partial charge in [0.05, 0.1) is 6.61 Å². The van der Waals surface area contributed by atoms with Gasteiger partial charge >= 0.3 is 5.97 Å². The van der Waals surface area contributed by atoms with Crippen LogP contribution in [0.15, 0.2) is 24.3 Å². The van der Waals surface area contributed by atoms with E-state index in [1.807, 2.05) is 0 Å². The number of aliphatic hydroxyl groups is 1. The summed E-state index contributed by atoms with van der Waals surface area (Å²) >= 11 is 5.86. The molecule has 0 saturated heterocycles. The highest BCUT2D eigenvalue weighted by molar-refractivity contribution is 6.30. The van der Waals surface area contributed by atoms with Crippen LogP contribution in [0.1, 0.15) is 38.2 Å². The van der Waals surface area contributed by atoms with Gasteiger partial charge in [-0.3, -0.25) is 0 Å². The third kappa shape index (κ3) is 2.77. The van der Waals surface area contributed by atoms with Gasteiger partial charge in [0.15, 0.2) is 5.60 Å². The van der Waals surface area contributed by atoms with E-state index in [1.165, 1.54) is 0 Å². The number of ether oxygens (including phenoxy) is 1. The monoisotopic (exact) mass is 282 g/mol. The molecule has 1 saturated carbocycles. The van der Waals surface area contributed by atoms with Crippen molar-refractivity contribution < 1.29 is 14.6 Å². The van der Waals surface area contributed by atoms with Gasteiger partial charge in [-0.05, 0) is 37.5 Å². The summed E-state index contributed by atoms with van der Waals surface area (Å²) in [7, 11) is 0. The maximum absolute atomic E-state index is 12.2. The van der Waals surface area contributed by atoms with Crippen molar-refractivity contribution in [2.24, 2.45) is 5.92 Å². The molecule has 0 heterocycles. The highest BCUT2D eigenvalue weighted by atomic mass is 35.5. The number of halogens is 1. The highest BCUT2D eigenvalue weighted by Crippen LogP contribution is 2.41. The van der Waals surface area contributed by atoms with Gasteiger partial charge in [-0.2, -0.15) is 0 Å². The van der Waals surface area contributed by atoms with Gasteiger partial charge in [0.2, 0.25) is 0 Å². The first-order valence-electron chi connectivity index (χ1n) is 6.74. The van der Waals surface area contributed by atoms with E-state index in [1.54, 1.807) is 31.2 Å². The number of hydrogen-bond donors (Lipinski definition) is 1. The van der Waals surface area contributed by atoms with Crippen LogP contribution in [0.4, 0.5) is 0 Å². The lowest BCUT2D eigenvalue weighted by Crippen LogP contribution is -2.43. The zero-order valence-corrected chi connectivity index (χ0v) is 11.8. The molecule has 2 rings (SSSR count). The zero-order valence-electron chi connectivity index (χ0n) is 11.1. The predicted molar refractivity (Wildman–Crippen MR) is 73.9 cm³/mol. The molecule has 1 aliphatic rings. The normalized spacial score (nSPS) is 19.1. The molecule has 1 aromatic rings. The lowest BCUT2D eigenvalue weighted by atomic mass is 9.80. The van der Waals surface area contributed by atoms with E-state index in [4.69, 9.17) is 16.3 Å². The summed E-state index contributed by atoms with van der Waals surface area (Å²) in [6, 6.07) is 6.79. The molecular formula is C15H19ClO3. The Balaban J connectivity index is 2.37. The second-order valence-electron chi connectivity index (χ2n) is 4.98.